The van der Waals surface area contributed by atoms with E-state index >= 15 is 0 Å². The molecule has 0 saturated carbocycles. The molecule has 0 bridgehead atoms. The van der Waals surface area contributed by atoms with E-state index in [1.165, 1.54) is 6.26 Å². The Bertz CT molecular complexity index is 1100. The summed E-state index contributed by atoms with van der Waals surface area (Å²) >= 11 is 0. The van der Waals surface area contributed by atoms with Crippen LogP contribution >= 0.6 is 0 Å². The van der Waals surface area contributed by atoms with Gasteiger partial charge in [0.1, 0.15) is 15.5 Å². The molecule has 0 unspecified atom stereocenters. The van der Waals surface area contributed by atoms with Crippen molar-refractivity contribution in [1.82, 2.24) is 15.2 Å². The second-order valence-corrected chi connectivity index (χ2v) is 8.87. The molecule has 0 aliphatic rings. The van der Waals surface area contributed by atoms with Crippen LogP contribution in [0.5, 0.6) is 0 Å². The number of aryl methyl sites for hydroxylation is 1. The van der Waals surface area contributed by atoms with Gasteiger partial charge in [0.2, 0.25) is 0 Å². The molecule has 2 aromatic heterocycles. The van der Waals surface area contributed by atoms with Crippen LogP contribution in [-0.4, -0.2) is 48.1 Å². The van der Waals surface area contributed by atoms with Crippen molar-refractivity contribution in [3.8, 4) is 11.4 Å². The number of benzene rings is 1. The van der Waals surface area contributed by atoms with Crippen LogP contribution in [0.2, 0.25) is 0 Å². The lowest BCUT2D eigenvalue weighted by atomic mass is 10.1. The summed E-state index contributed by atoms with van der Waals surface area (Å²) in [4.78, 5) is 17.1. The molecular weight excluding hydrogens is 390 g/mol. The van der Waals surface area contributed by atoms with Gasteiger partial charge in [0.25, 0.3) is 5.91 Å². The van der Waals surface area contributed by atoms with Crippen LogP contribution < -0.4 is 10.6 Å². The van der Waals surface area contributed by atoms with Crippen molar-refractivity contribution in [3.05, 3.63) is 59.9 Å². The van der Waals surface area contributed by atoms with E-state index in [-0.39, 0.29) is 11.7 Å². The SMILES string of the molecule is CCc1cc(NCCS(C)(=O)=O)ccc1NC(=O)c1cccc(-c2ccn[nH]2)n1. The van der Waals surface area contributed by atoms with Gasteiger partial charge in [-0.1, -0.05) is 13.0 Å². The largest absolute Gasteiger partial charge is 0.384 e. The molecule has 152 valence electrons. The Labute approximate surface area is 169 Å². The lowest BCUT2D eigenvalue weighted by Crippen LogP contribution is -2.16. The molecule has 0 spiro atoms. The molecule has 0 saturated heterocycles. The van der Waals surface area contributed by atoms with Gasteiger partial charge < -0.3 is 10.6 Å². The number of sulfone groups is 1. The summed E-state index contributed by atoms with van der Waals surface area (Å²) < 4.78 is 22.5. The third kappa shape index (κ3) is 5.64. The predicted molar refractivity (Wildman–Crippen MR) is 114 cm³/mol. The van der Waals surface area contributed by atoms with Crippen molar-refractivity contribution in [2.24, 2.45) is 0 Å². The number of anilines is 2. The first-order valence-corrected chi connectivity index (χ1v) is 11.2. The Balaban J connectivity index is 1.72. The normalized spacial score (nSPS) is 11.2. The van der Waals surface area contributed by atoms with Gasteiger partial charge in [-0.15, -0.1) is 0 Å². The number of pyridine rings is 1. The molecule has 29 heavy (non-hydrogen) atoms. The summed E-state index contributed by atoms with van der Waals surface area (Å²) in [5.74, 6) is -0.246. The Kier molecular flexibility index (Phi) is 6.28. The number of aromatic amines is 1. The molecule has 0 fully saturated rings. The number of amides is 1. The second-order valence-electron chi connectivity index (χ2n) is 6.61. The summed E-state index contributed by atoms with van der Waals surface area (Å²) in [6.45, 7) is 2.32. The Morgan fingerprint density at radius 1 is 1.17 bits per heavy atom. The van der Waals surface area contributed by atoms with Crippen LogP contribution in [0.4, 0.5) is 11.4 Å². The number of rotatable bonds is 8. The minimum absolute atomic E-state index is 0.0608. The van der Waals surface area contributed by atoms with Crippen molar-refractivity contribution >= 4 is 27.1 Å². The van der Waals surface area contributed by atoms with Gasteiger partial charge in [-0.2, -0.15) is 5.10 Å². The highest BCUT2D eigenvalue weighted by Crippen LogP contribution is 2.22. The standard InChI is InChI=1S/C20H23N5O3S/c1-3-14-13-15(21-11-12-29(2,27)28)7-8-16(14)24-20(26)19-6-4-5-17(23-19)18-9-10-22-25-18/h4-10,13,21H,3,11-12H2,1-2H3,(H,22,25)(H,24,26). The Morgan fingerprint density at radius 2 is 2.00 bits per heavy atom. The molecule has 0 aliphatic heterocycles. The van der Waals surface area contributed by atoms with Crippen LogP contribution in [0, 0.1) is 0 Å². The maximum Gasteiger partial charge on any atom is 0.274 e. The quantitative estimate of drug-likeness (QED) is 0.523. The van der Waals surface area contributed by atoms with Crippen molar-refractivity contribution in [3.63, 3.8) is 0 Å². The highest BCUT2D eigenvalue weighted by molar-refractivity contribution is 7.90. The zero-order valence-electron chi connectivity index (χ0n) is 16.3. The average Bonchev–Trinajstić information content (AvgIpc) is 3.23. The number of hydrogen-bond acceptors (Lipinski definition) is 6. The Morgan fingerprint density at radius 3 is 2.69 bits per heavy atom. The number of aromatic nitrogens is 3. The third-order valence-electron chi connectivity index (χ3n) is 4.29. The summed E-state index contributed by atoms with van der Waals surface area (Å²) in [6, 6.07) is 12.5. The smallest absolute Gasteiger partial charge is 0.274 e. The fourth-order valence-electron chi connectivity index (χ4n) is 2.79. The average molecular weight is 414 g/mol. The molecule has 3 N–H and O–H groups in total. The van der Waals surface area contributed by atoms with E-state index in [4.69, 9.17) is 0 Å². The van der Waals surface area contributed by atoms with Crippen LogP contribution in [0.1, 0.15) is 23.0 Å². The molecule has 1 aromatic carbocycles. The molecule has 1 amide bonds. The molecule has 0 aliphatic carbocycles. The maximum atomic E-state index is 12.7. The van der Waals surface area contributed by atoms with Crippen LogP contribution in [-0.2, 0) is 16.3 Å². The fraction of sp³-hybridized carbons (Fsp3) is 0.250. The van der Waals surface area contributed by atoms with Crippen LogP contribution in [0.25, 0.3) is 11.4 Å². The van der Waals surface area contributed by atoms with E-state index in [1.54, 1.807) is 36.5 Å². The molecular formula is C20H23N5O3S. The van der Waals surface area contributed by atoms with Gasteiger partial charge in [-0.25, -0.2) is 13.4 Å². The fourth-order valence-corrected chi connectivity index (χ4v) is 3.27. The van der Waals surface area contributed by atoms with Gasteiger partial charge in [0.15, 0.2) is 0 Å². The van der Waals surface area contributed by atoms with E-state index in [9.17, 15) is 13.2 Å². The number of nitrogens with one attached hydrogen (secondary N) is 3. The summed E-state index contributed by atoms with van der Waals surface area (Å²) in [5.41, 5.74) is 4.11. The number of nitrogens with zero attached hydrogens (tertiary/aromatic N) is 2. The van der Waals surface area contributed by atoms with E-state index in [0.717, 1.165) is 16.9 Å². The first-order valence-electron chi connectivity index (χ1n) is 9.18. The molecule has 8 nitrogen and oxygen atoms in total. The van der Waals surface area contributed by atoms with E-state index in [1.807, 2.05) is 19.1 Å². The number of hydrogen-bond donors (Lipinski definition) is 3. The second kappa shape index (κ2) is 8.87. The van der Waals surface area contributed by atoms with Gasteiger partial charge in [-0.3, -0.25) is 9.89 Å². The summed E-state index contributed by atoms with van der Waals surface area (Å²) in [5, 5.41) is 12.7. The zero-order chi connectivity index (χ0) is 20.9. The van der Waals surface area contributed by atoms with Gasteiger partial charge in [0.05, 0.1) is 17.1 Å². The monoisotopic (exact) mass is 413 g/mol. The molecule has 2 heterocycles. The number of carbonyl (C=O) groups excluding carboxylic acids is 1. The van der Waals surface area contributed by atoms with Crippen LogP contribution in [0.15, 0.2) is 48.7 Å². The van der Waals surface area contributed by atoms with Gasteiger partial charge >= 0.3 is 0 Å². The molecule has 0 radical (unpaired) electrons. The maximum absolute atomic E-state index is 12.7. The predicted octanol–water partition coefficient (Wildman–Crippen LogP) is 2.74. The third-order valence-corrected chi connectivity index (χ3v) is 5.24. The lowest BCUT2D eigenvalue weighted by Gasteiger charge is -2.13. The number of H-pyrrole nitrogens is 1. The topological polar surface area (TPSA) is 117 Å². The van der Waals surface area contributed by atoms with Crippen molar-refractivity contribution in [2.75, 3.05) is 29.2 Å². The molecule has 0 atom stereocenters. The van der Waals surface area contributed by atoms with Gasteiger partial charge in [-0.05, 0) is 48.4 Å². The minimum Gasteiger partial charge on any atom is -0.384 e. The van der Waals surface area contributed by atoms with E-state index in [0.29, 0.717) is 30.0 Å². The summed E-state index contributed by atoms with van der Waals surface area (Å²) in [7, 11) is -3.02. The Hall–Kier alpha value is -3.20. The van der Waals surface area contributed by atoms with Crippen molar-refractivity contribution in [2.45, 2.75) is 13.3 Å². The molecule has 9 heteroatoms. The lowest BCUT2D eigenvalue weighted by molar-refractivity contribution is 0.102. The highest BCUT2D eigenvalue weighted by Gasteiger charge is 2.12. The van der Waals surface area contributed by atoms with E-state index in [2.05, 4.69) is 25.8 Å². The molecule has 3 aromatic rings. The highest BCUT2D eigenvalue weighted by atomic mass is 32.2. The first kappa shape index (κ1) is 20.5. The summed E-state index contributed by atoms with van der Waals surface area (Å²) in [6.07, 6.45) is 3.54. The van der Waals surface area contributed by atoms with Gasteiger partial charge in [0, 0.05) is 30.4 Å². The van der Waals surface area contributed by atoms with Crippen molar-refractivity contribution < 1.29 is 13.2 Å². The van der Waals surface area contributed by atoms with Crippen LogP contribution in [0.3, 0.4) is 0 Å². The zero-order valence-corrected chi connectivity index (χ0v) is 17.1. The first-order chi connectivity index (χ1) is 13.9. The van der Waals surface area contributed by atoms with E-state index < -0.39 is 9.84 Å². The minimum atomic E-state index is -3.02. The molecule has 3 rings (SSSR count). The van der Waals surface area contributed by atoms with Crippen molar-refractivity contribution in [1.29, 1.82) is 0 Å². The number of carbonyl (C=O) groups is 1.